The lowest BCUT2D eigenvalue weighted by molar-refractivity contribution is 0.601. The number of halogens is 3. The zero-order chi connectivity index (χ0) is 15.8. The maximum absolute atomic E-state index is 13.4. The van der Waals surface area contributed by atoms with Crippen LogP contribution in [0.1, 0.15) is 5.56 Å². The normalized spacial score (nSPS) is 11.4. The van der Waals surface area contributed by atoms with Gasteiger partial charge >= 0.3 is 0 Å². The zero-order valence-electron chi connectivity index (χ0n) is 10.8. The molecule has 112 valence electrons. The molecule has 0 radical (unpaired) electrons. The topological polar surface area (TPSA) is 72.2 Å². The van der Waals surface area contributed by atoms with Crippen molar-refractivity contribution in [1.82, 2.24) is 0 Å². The van der Waals surface area contributed by atoms with Gasteiger partial charge in [0, 0.05) is 5.02 Å². The Bertz CT molecular complexity index is 812. The molecule has 2 rings (SSSR count). The summed E-state index contributed by atoms with van der Waals surface area (Å²) in [5.41, 5.74) is 6.43. The highest BCUT2D eigenvalue weighted by Gasteiger charge is 2.19. The molecule has 0 aromatic heterocycles. The number of hydrogen-bond acceptors (Lipinski definition) is 3. The first-order chi connectivity index (χ1) is 9.70. The van der Waals surface area contributed by atoms with E-state index < -0.39 is 15.8 Å². The molecule has 21 heavy (non-hydrogen) atoms. The number of rotatable bonds is 3. The van der Waals surface area contributed by atoms with Gasteiger partial charge in [0.05, 0.1) is 15.8 Å². The third-order valence-electron chi connectivity index (χ3n) is 2.77. The summed E-state index contributed by atoms with van der Waals surface area (Å²) in [6, 6.07) is 6.68. The van der Waals surface area contributed by atoms with Gasteiger partial charge in [-0.1, -0.05) is 11.6 Å². The number of sulfonamides is 1. The molecule has 0 saturated carbocycles. The van der Waals surface area contributed by atoms with E-state index in [1.165, 1.54) is 30.3 Å². The summed E-state index contributed by atoms with van der Waals surface area (Å²) in [5, 5.41) is 0.340. The summed E-state index contributed by atoms with van der Waals surface area (Å²) in [6.45, 7) is 1.60. The molecular formula is C13H11BrClFN2O2S. The molecule has 3 N–H and O–H groups in total. The highest BCUT2D eigenvalue weighted by atomic mass is 79.9. The third-order valence-corrected chi connectivity index (χ3v) is 5.06. The van der Waals surface area contributed by atoms with Crippen molar-refractivity contribution in [1.29, 1.82) is 0 Å². The van der Waals surface area contributed by atoms with E-state index in [0.717, 1.165) is 0 Å². The summed E-state index contributed by atoms with van der Waals surface area (Å²) >= 11 is 8.76. The lowest BCUT2D eigenvalue weighted by atomic mass is 10.2. The minimum atomic E-state index is -3.89. The van der Waals surface area contributed by atoms with Crippen LogP contribution in [0.5, 0.6) is 0 Å². The third kappa shape index (κ3) is 3.48. The standard InChI is InChI=1S/C13H11BrClFN2O2S/c1-7-4-10(16)9(14)6-12(7)18-21(19,20)13-3-2-8(15)5-11(13)17/h2-6,18H,17H2,1H3. The van der Waals surface area contributed by atoms with Crippen LogP contribution in [0.15, 0.2) is 39.7 Å². The van der Waals surface area contributed by atoms with E-state index >= 15 is 0 Å². The molecule has 0 aliphatic carbocycles. The molecule has 0 saturated heterocycles. The van der Waals surface area contributed by atoms with Crippen LogP contribution in [0.2, 0.25) is 5.02 Å². The second-order valence-electron chi connectivity index (χ2n) is 4.37. The lowest BCUT2D eigenvalue weighted by Gasteiger charge is -2.13. The van der Waals surface area contributed by atoms with E-state index in [9.17, 15) is 12.8 Å². The summed E-state index contributed by atoms with van der Waals surface area (Å²) < 4.78 is 40.6. The maximum atomic E-state index is 13.4. The second-order valence-corrected chi connectivity index (χ2v) is 7.31. The van der Waals surface area contributed by atoms with Gasteiger partial charge in [-0.05, 0) is 58.7 Å². The molecule has 0 heterocycles. The fraction of sp³-hybridized carbons (Fsp3) is 0.0769. The SMILES string of the molecule is Cc1cc(F)c(Br)cc1NS(=O)(=O)c1ccc(Cl)cc1N. The number of nitrogens with one attached hydrogen (secondary N) is 1. The van der Waals surface area contributed by atoms with Gasteiger partial charge in [-0.2, -0.15) is 0 Å². The summed E-state index contributed by atoms with van der Waals surface area (Å²) in [4.78, 5) is -0.0910. The number of hydrogen-bond donors (Lipinski definition) is 2. The van der Waals surface area contributed by atoms with Crippen molar-refractivity contribution in [2.45, 2.75) is 11.8 Å². The Labute approximate surface area is 135 Å². The molecule has 2 aromatic carbocycles. The molecule has 0 amide bonds. The number of nitrogen functional groups attached to an aromatic ring is 1. The largest absolute Gasteiger partial charge is 0.398 e. The van der Waals surface area contributed by atoms with Gasteiger partial charge < -0.3 is 5.73 Å². The number of benzene rings is 2. The van der Waals surface area contributed by atoms with Gasteiger partial charge in [0.1, 0.15) is 10.7 Å². The Kier molecular flexibility index (Phi) is 4.46. The van der Waals surface area contributed by atoms with Crippen molar-refractivity contribution in [2.24, 2.45) is 0 Å². The number of aryl methyl sites for hydroxylation is 1. The van der Waals surface area contributed by atoms with Gasteiger partial charge in [0.25, 0.3) is 10.0 Å². The molecule has 4 nitrogen and oxygen atoms in total. The van der Waals surface area contributed by atoms with Crippen LogP contribution in [-0.4, -0.2) is 8.42 Å². The quantitative estimate of drug-likeness (QED) is 0.776. The molecule has 0 bridgehead atoms. The fourth-order valence-corrected chi connectivity index (χ4v) is 3.48. The van der Waals surface area contributed by atoms with Crippen molar-refractivity contribution < 1.29 is 12.8 Å². The van der Waals surface area contributed by atoms with Crippen LogP contribution in [0.25, 0.3) is 0 Å². The van der Waals surface area contributed by atoms with Gasteiger partial charge in [-0.3, -0.25) is 4.72 Å². The van der Waals surface area contributed by atoms with Gasteiger partial charge in [-0.25, -0.2) is 12.8 Å². The smallest absolute Gasteiger partial charge is 0.263 e. The molecule has 0 spiro atoms. The van der Waals surface area contributed by atoms with Crippen LogP contribution < -0.4 is 10.5 Å². The van der Waals surface area contributed by atoms with Crippen LogP contribution >= 0.6 is 27.5 Å². The number of anilines is 2. The summed E-state index contributed by atoms with van der Waals surface area (Å²) in [6.07, 6.45) is 0. The van der Waals surface area contributed by atoms with E-state index in [0.29, 0.717) is 10.6 Å². The van der Waals surface area contributed by atoms with Crippen LogP contribution in [0.4, 0.5) is 15.8 Å². The van der Waals surface area contributed by atoms with Gasteiger partial charge in [-0.15, -0.1) is 0 Å². The van der Waals surface area contributed by atoms with E-state index in [1.807, 2.05) is 0 Å². The van der Waals surface area contributed by atoms with Crippen LogP contribution in [0, 0.1) is 12.7 Å². The first-order valence-electron chi connectivity index (χ1n) is 5.74. The van der Waals surface area contributed by atoms with Crippen LogP contribution in [-0.2, 0) is 10.0 Å². The first kappa shape index (κ1) is 16.1. The fourth-order valence-electron chi connectivity index (χ4n) is 1.72. The van der Waals surface area contributed by atoms with Crippen molar-refractivity contribution in [2.75, 3.05) is 10.5 Å². The maximum Gasteiger partial charge on any atom is 0.263 e. The van der Waals surface area contributed by atoms with Crippen molar-refractivity contribution in [3.8, 4) is 0 Å². The van der Waals surface area contributed by atoms with E-state index in [4.69, 9.17) is 17.3 Å². The Hall–Kier alpha value is -1.31. The van der Waals surface area contributed by atoms with Crippen LogP contribution in [0.3, 0.4) is 0 Å². The Balaban J connectivity index is 2.45. The molecule has 0 atom stereocenters. The first-order valence-corrected chi connectivity index (χ1v) is 8.39. The molecule has 8 heteroatoms. The average molecular weight is 394 g/mol. The van der Waals surface area contributed by atoms with Crippen molar-refractivity contribution >= 4 is 48.9 Å². The van der Waals surface area contributed by atoms with Gasteiger partial charge in [0.15, 0.2) is 0 Å². The van der Waals surface area contributed by atoms with E-state index in [-0.39, 0.29) is 20.7 Å². The van der Waals surface area contributed by atoms with E-state index in [1.54, 1.807) is 6.92 Å². The van der Waals surface area contributed by atoms with Gasteiger partial charge in [0.2, 0.25) is 0 Å². The predicted molar refractivity (Wildman–Crippen MR) is 85.5 cm³/mol. The molecule has 0 unspecified atom stereocenters. The predicted octanol–water partition coefficient (Wildman–Crippen LogP) is 3.93. The molecule has 0 fully saturated rings. The molecule has 0 aliphatic rings. The average Bonchev–Trinajstić information content (AvgIpc) is 2.35. The monoisotopic (exact) mass is 392 g/mol. The highest BCUT2D eigenvalue weighted by Crippen LogP contribution is 2.28. The Morgan fingerprint density at radius 2 is 1.95 bits per heavy atom. The van der Waals surface area contributed by atoms with E-state index in [2.05, 4.69) is 20.7 Å². The summed E-state index contributed by atoms with van der Waals surface area (Å²) in [5.74, 6) is -0.471. The molecule has 2 aromatic rings. The molecular weight excluding hydrogens is 383 g/mol. The minimum Gasteiger partial charge on any atom is -0.398 e. The minimum absolute atomic E-state index is 0.0360. The highest BCUT2D eigenvalue weighted by molar-refractivity contribution is 9.10. The Morgan fingerprint density at radius 1 is 1.29 bits per heavy atom. The second kappa shape index (κ2) is 5.82. The Morgan fingerprint density at radius 3 is 2.57 bits per heavy atom. The number of nitrogens with two attached hydrogens (primary N) is 1. The van der Waals surface area contributed by atoms with Crippen molar-refractivity contribution in [3.63, 3.8) is 0 Å². The molecule has 0 aliphatic heterocycles. The zero-order valence-corrected chi connectivity index (χ0v) is 14.0. The summed E-state index contributed by atoms with van der Waals surface area (Å²) in [7, 11) is -3.89. The van der Waals surface area contributed by atoms with Crippen molar-refractivity contribution in [3.05, 3.63) is 51.2 Å². The lowest BCUT2D eigenvalue weighted by Crippen LogP contribution is -2.15.